The van der Waals surface area contributed by atoms with Crippen molar-refractivity contribution in [1.29, 1.82) is 0 Å². The number of nitrogens with two attached hydrogens (primary N) is 1. The highest BCUT2D eigenvalue weighted by atomic mass is 32.2. The number of hydrogen-bond acceptors (Lipinski definition) is 3. The molecular weight excluding hydrogens is 250 g/mol. The molecule has 0 saturated heterocycles. The summed E-state index contributed by atoms with van der Waals surface area (Å²) in [6, 6.07) is 6.33. The summed E-state index contributed by atoms with van der Waals surface area (Å²) in [4.78, 5) is 8.38. The summed E-state index contributed by atoms with van der Waals surface area (Å²) in [5.74, 6) is 0.871. The molecule has 2 rings (SSSR count). The lowest BCUT2D eigenvalue weighted by Gasteiger charge is -1.95. The van der Waals surface area contributed by atoms with E-state index < -0.39 is 0 Å². The van der Waals surface area contributed by atoms with Crippen LogP contribution in [0.5, 0.6) is 0 Å². The Balaban J connectivity index is 2.11. The lowest BCUT2D eigenvalue weighted by atomic mass is 10.1. The number of aromatic nitrogens is 2. The van der Waals surface area contributed by atoms with Crippen molar-refractivity contribution >= 4 is 40.0 Å². The number of H-pyrrole nitrogens is 1. The predicted octanol–water partition coefficient (Wildman–Crippen LogP) is 2.89. The van der Waals surface area contributed by atoms with E-state index in [1.807, 2.05) is 0 Å². The zero-order valence-electron chi connectivity index (χ0n) is 9.69. The predicted molar refractivity (Wildman–Crippen MR) is 77.6 cm³/mol. The molecule has 0 unspecified atom stereocenters. The molecule has 0 aliphatic carbocycles. The number of thioether (sulfide) groups is 1. The van der Waals surface area contributed by atoms with Gasteiger partial charge in [-0.25, -0.2) is 4.98 Å². The molecule has 0 fully saturated rings. The Kier molecular flexibility index (Phi) is 4.02. The second-order valence-corrected chi connectivity index (χ2v) is 5.42. The molecule has 90 valence electrons. The third-order valence-electron chi connectivity index (χ3n) is 2.52. The molecule has 0 radical (unpaired) electrons. The zero-order chi connectivity index (χ0) is 12.3. The quantitative estimate of drug-likeness (QED) is 0.645. The first kappa shape index (κ1) is 12.4. The molecule has 0 bridgehead atoms. The summed E-state index contributed by atoms with van der Waals surface area (Å²) >= 11 is 6.50. The topological polar surface area (TPSA) is 54.7 Å². The Labute approximate surface area is 110 Å². The van der Waals surface area contributed by atoms with Crippen LogP contribution in [0.15, 0.2) is 23.4 Å². The van der Waals surface area contributed by atoms with Gasteiger partial charge in [-0.2, -0.15) is 0 Å². The summed E-state index contributed by atoms with van der Waals surface area (Å²) in [5.41, 5.74) is 8.89. The van der Waals surface area contributed by atoms with Gasteiger partial charge < -0.3 is 10.7 Å². The van der Waals surface area contributed by atoms with Gasteiger partial charge in [-0.05, 0) is 24.1 Å². The highest BCUT2D eigenvalue weighted by molar-refractivity contribution is 7.99. The van der Waals surface area contributed by atoms with Crippen LogP contribution in [-0.4, -0.2) is 20.7 Å². The summed E-state index contributed by atoms with van der Waals surface area (Å²) in [7, 11) is 0. The number of fused-ring (bicyclic) bond motifs is 1. The smallest absolute Gasteiger partial charge is 0.166 e. The second kappa shape index (κ2) is 5.51. The van der Waals surface area contributed by atoms with Crippen molar-refractivity contribution < 1.29 is 0 Å². The van der Waals surface area contributed by atoms with Crippen molar-refractivity contribution in [3.63, 3.8) is 0 Å². The minimum Gasteiger partial charge on any atom is -0.393 e. The number of nitrogens with zero attached hydrogens (tertiary/aromatic N) is 1. The molecule has 1 heterocycles. The van der Waals surface area contributed by atoms with Gasteiger partial charge in [-0.3, -0.25) is 0 Å². The molecule has 0 aliphatic rings. The molecule has 0 saturated carbocycles. The molecule has 0 spiro atoms. The van der Waals surface area contributed by atoms with Gasteiger partial charge >= 0.3 is 0 Å². The number of aryl methyl sites for hydroxylation is 1. The van der Waals surface area contributed by atoms with Crippen LogP contribution >= 0.6 is 24.0 Å². The van der Waals surface area contributed by atoms with Crippen molar-refractivity contribution in [3.8, 4) is 0 Å². The Morgan fingerprint density at radius 3 is 3.06 bits per heavy atom. The lowest BCUT2D eigenvalue weighted by Crippen LogP contribution is -2.08. The van der Waals surface area contributed by atoms with Crippen LogP contribution in [0.1, 0.15) is 18.9 Å². The van der Waals surface area contributed by atoms with Gasteiger partial charge in [0, 0.05) is 12.2 Å². The SMILES string of the molecule is CCc1ccc2nc(SCCC(N)=S)[nH]c2c1. The number of imidazole rings is 1. The van der Waals surface area contributed by atoms with Crippen molar-refractivity contribution in [1.82, 2.24) is 9.97 Å². The van der Waals surface area contributed by atoms with Crippen LogP contribution < -0.4 is 5.73 Å². The lowest BCUT2D eigenvalue weighted by molar-refractivity contribution is 1.08. The van der Waals surface area contributed by atoms with E-state index in [9.17, 15) is 0 Å². The molecular formula is C12H15N3S2. The fourth-order valence-corrected chi connectivity index (χ4v) is 2.66. The van der Waals surface area contributed by atoms with Gasteiger partial charge in [0.25, 0.3) is 0 Å². The molecule has 1 aromatic carbocycles. The fraction of sp³-hybridized carbons (Fsp3) is 0.333. The van der Waals surface area contributed by atoms with Crippen molar-refractivity contribution in [2.75, 3.05) is 5.75 Å². The van der Waals surface area contributed by atoms with E-state index in [4.69, 9.17) is 18.0 Å². The molecule has 5 heteroatoms. The van der Waals surface area contributed by atoms with Crippen LogP contribution in [0.3, 0.4) is 0 Å². The maximum absolute atomic E-state index is 5.46. The van der Waals surface area contributed by atoms with Crippen molar-refractivity contribution in [2.24, 2.45) is 5.73 Å². The summed E-state index contributed by atoms with van der Waals surface area (Å²) in [6.45, 7) is 2.15. The third-order valence-corrected chi connectivity index (χ3v) is 3.60. The number of hydrogen-bond donors (Lipinski definition) is 2. The van der Waals surface area contributed by atoms with Crippen LogP contribution in [0.4, 0.5) is 0 Å². The monoisotopic (exact) mass is 265 g/mol. The maximum Gasteiger partial charge on any atom is 0.166 e. The molecule has 2 aromatic rings. The standard InChI is InChI=1S/C12H15N3S2/c1-2-8-3-4-9-10(7-8)15-12(14-9)17-6-5-11(13)16/h3-4,7H,2,5-6H2,1H3,(H2,13,16)(H,14,15). The van der Waals surface area contributed by atoms with Crippen molar-refractivity contribution in [2.45, 2.75) is 24.9 Å². The van der Waals surface area contributed by atoms with E-state index in [0.29, 0.717) is 4.99 Å². The summed E-state index contributed by atoms with van der Waals surface area (Å²) in [5, 5.41) is 0.935. The fourth-order valence-electron chi connectivity index (χ4n) is 1.57. The normalized spacial score (nSPS) is 10.9. The van der Waals surface area contributed by atoms with Crippen LogP contribution in [0.25, 0.3) is 11.0 Å². The maximum atomic E-state index is 5.46. The molecule has 3 nitrogen and oxygen atoms in total. The van der Waals surface area contributed by atoms with Crippen LogP contribution in [0.2, 0.25) is 0 Å². The first-order valence-corrected chi connectivity index (χ1v) is 6.98. The van der Waals surface area contributed by atoms with Crippen molar-refractivity contribution in [3.05, 3.63) is 23.8 Å². The second-order valence-electron chi connectivity index (χ2n) is 3.81. The number of thiocarbonyl (C=S) groups is 1. The first-order chi connectivity index (χ1) is 8.19. The molecule has 0 atom stereocenters. The highest BCUT2D eigenvalue weighted by Crippen LogP contribution is 2.21. The molecule has 1 aromatic heterocycles. The highest BCUT2D eigenvalue weighted by Gasteiger charge is 2.04. The largest absolute Gasteiger partial charge is 0.393 e. The zero-order valence-corrected chi connectivity index (χ0v) is 11.3. The van der Waals surface area contributed by atoms with Gasteiger partial charge in [-0.15, -0.1) is 0 Å². The van der Waals surface area contributed by atoms with E-state index in [1.165, 1.54) is 5.56 Å². The van der Waals surface area contributed by atoms with Gasteiger partial charge in [-0.1, -0.05) is 37.0 Å². The molecule has 0 amide bonds. The van der Waals surface area contributed by atoms with Crippen LogP contribution in [-0.2, 0) is 6.42 Å². The van der Waals surface area contributed by atoms with Gasteiger partial charge in [0.15, 0.2) is 5.16 Å². The molecule has 0 aliphatic heterocycles. The molecule has 3 N–H and O–H groups in total. The summed E-state index contributed by atoms with van der Waals surface area (Å²) in [6.07, 6.45) is 1.79. The Morgan fingerprint density at radius 1 is 1.53 bits per heavy atom. The van der Waals surface area contributed by atoms with E-state index in [-0.39, 0.29) is 0 Å². The van der Waals surface area contributed by atoms with Gasteiger partial charge in [0.05, 0.1) is 16.0 Å². The van der Waals surface area contributed by atoms with E-state index >= 15 is 0 Å². The average Bonchev–Trinajstić information content (AvgIpc) is 2.69. The Morgan fingerprint density at radius 2 is 2.35 bits per heavy atom. The first-order valence-electron chi connectivity index (χ1n) is 5.59. The van der Waals surface area contributed by atoms with Crippen LogP contribution in [0, 0.1) is 0 Å². The van der Waals surface area contributed by atoms with Gasteiger partial charge in [0.1, 0.15) is 0 Å². The minimum absolute atomic E-state index is 0.557. The number of nitrogens with one attached hydrogen (secondary N) is 1. The number of benzene rings is 1. The average molecular weight is 265 g/mol. The van der Waals surface area contributed by atoms with E-state index in [2.05, 4.69) is 35.1 Å². The molecule has 17 heavy (non-hydrogen) atoms. The van der Waals surface area contributed by atoms with Gasteiger partial charge in [0.2, 0.25) is 0 Å². The van der Waals surface area contributed by atoms with E-state index in [0.717, 1.165) is 34.8 Å². The Hall–Kier alpha value is -1.07. The van der Waals surface area contributed by atoms with E-state index in [1.54, 1.807) is 11.8 Å². The number of aromatic amines is 1. The number of rotatable bonds is 5. The summed E-state index contributed by atoms with van der Waals surface area (Å²) < 4.78 is 0. The Bertz CT molecular complexity index is 534. The minimum atomic E-state index is 0.557. The third kappa shape index (κ3) is 3.20.